The molecule has 20 heavy (non-hydrogen) atoms. The first-order valence-electron chi connectivity index (χ1n) is 6.83. The third-order valence-corrected chi connectivity index (χ3v) is 4.12. The average Bonchev–Trinajstić information content (AvgIpc) is 2.80. The van der Waals surface area contributed by atoms with Crippen LogP contribution in [0.15, 0.2) is 53.0 Å². The lowest BCUT2D eigenvalue weighted by Gasteiger charge is -2.18. The predicted molar refractivity (Wildman–Crippen MR) is 90.1 cm³/mol. The molecule has 1 aromatic heterocycles. The monoisotopic (exact) mass is 327 g/mol. The normalized spacial score (nSPS) is 12.0. The Hall–Kier alpha value is -1.54. The second kappa shape index (κ2) is 4.78. The van der Waals surface area contributed by atoms with Crippen LogP contribution in [-0.2, 0) is 5.41 Å². The van der Waals surface area contributed by atoms with Gasteiger partial charge in [0.25, 0.3) is 0 Å². The summed E-state index contributed by atoms with van der Waals surface area (Å²) >= 11 is 3.53. The van der Waals surface area contributed by atoms with E-state index in [2.05, 4.69) is 84.1 Å². The van der Waals surface area contributed by atoms with Crippen LogP contribution in [0, 0.1) is 0 Å². The molecule has 3 rings (SSSR count). The molecular formula is C18H18BrN. The third-order valence-electron chi connectivity index (χ3n) is 3.62. The van der Waals surface area contributed by atoms with Crippen molar-refractivity contribution in [1.82, 2.24) is 4.98 Å². The van der Waals surface area contributed by atoms with E-state index in [-0.39, 0.29) is 5.41 Å². The van der Waals surface area contributed by atoms with Crippen molar-refractivity contribution in [3.8, 4) is 11.3 Å². The Bertz CT molecular complexity index is 762. The number of nitrogens with one attached hydrogen (secondary N) is 1. The Balaban J connectivity index is 2.11. The maximum absolute atomic E-state index is 3.53. The molecular weight excluding hydrogens is 310 g/mol. The van der Waals surface area contributed by atoms with Gasteiger partial charge in [-0.2, -0.15) is 0 Å². The van der Waals surface area contributed by atoms with Gasteiger partial charge in [0.15, 0.2) is 0 Å². The van der Waals surface area contributed by atoms with E-state index in [1.165, 1.54) is 22.0 Å². The Morgan fingerprint density at radius 3 is 2.45 bits per heavy atom. The van der Waals surface area contributed by atoms with Gasteiger partial charge in [0.1, 0.15) is 0 Å². The van der Waals surface area contributed by atoms with E-state index in [4.69, 9.17) is 0 Å². The lowest BCUT2D eigenvalue weighted by Crippen LogP contribution is -2.10. The van der Waals surface area contributed by atoms with Gasteiger partial charge in [-0.1, -0.05) is 54.9 Å². The minimum Gasteiger partial charge on any atom is -0.355 e. The van der Waals surface area contributed by atoms with Gasteiger partial charge in [-0.3, -0.25) is 0 Å². The van der Waals surface area contributed by atoms with Gasteiger partial charge in [-0.25, -0.2) is 0 Å². The maximum atomic E-state index is 3.53. The molecule has 1 N–H and O–H groups in total. The summed E-state index contributed by atoms with van der Waals surface area (Å²) < 4.78 is 1.10. The molecule has 1 heterocycles. The van der Waals surface area contributed by atoms with Crippen LogP contribution < -0.4 is 0 Å². The van der Waals surface area contributed by atoms with Gasteiger partial charge >= 0.3 is 0 Å². The fourth-order valence-corrected chi connectivity index (χ4v) is 2.81. The van der Waals surface area contributed by atoms with Gasteiger partial charge < -0.3 is 4.98 Å². The quantitative estimate of drug-likeness (QED) is 0.573. The van der Waals surface area contributed by atoms with Crippen molar-refractivity contribution >= 4 is 26.8 Å². The Kier molecular flexibility index (Phi) is 3.21. The zero-order chi connectivity index (χ0) is 14.3. The Morgan fingerprint density at radius 1 is 0.950 bits per heavy atom. The second-order valence-electron chi connectivity index (χ2n) is 6.25. The van der Waals surface area contributed by atoms with Crippen LogP contribution in [0.5, 0.6) is 0 Å². The summed E-state index contributed by atoms with van der Waals surface area (Å²) in [6.45, 7) is 6.74. The number of aromatic amines is 1. The molecule has 0 saturated heterocycles. The van der Waals surface area contributed by atoms with Crippen LogP contribution in [0.2, 0.25) is 0 Å². The van der Waals surface area contributed by atoms with E-state index in [0.717, 1.165) is 10.2 Å². The van der Waals surface area contributed by atoms with Crippen LogP contribution in [0.4, 0.5) is 0 Å². The van der Waals surface area contributed by atoms with Crippen molar-refractivity contribution in [1.29, 1.82) is 0 Å². The standard InChI is InChI=1S/C18H18BrN/c1-18(2,3)14-7-8-16-13(9-14)11-17(20-16)12-5-4-6-15(19)10-12/h4-11,20H,1-3H3. The topological polar surface area (TPSA) is 15.8 Å². The van der Waals surface area contributed by atoms with Gasteiger partial charge in [-0.05, 0) is 46.9 Å². The smallest absolute Gasteiger partial charge is 0.0465 e. The Labute approximate surface area is 128 Å². The highest BCUT2D eigenvalue weighted by Gasteiger charge is 2.14. The molecule has 0 fully saturated rings. The molecule has 0 aliphatic carbocycles. The number of H-pyrrole nitrogens is 1. The summed E-state index contributed by atoms with van der Waals surface area (Å²) in [5, 5.41) is 1.27. The van der Waals surface area contributed by atoms with Crippen molar-refractivity contribution < 1.29 is 0 Å². The van der Waals surface area contributed by atoms with Crippen LogP contribution in [0.3, 0.4) is 0 Å². The van der Waals surface area contributed by atoms with E-state index in [1.807, 2.05) is 6.07 Å². The molecule has 0 saturated carbocycles. The van der Waals surface area contributed by atoms with E-state index in [9.17, 15) is 0 Å². The highest BCUT2D eigenvalue weighted by atomic mass is 79.9. The second-order valence-corrected chi connectivity index (χ2v) is 7.16. The van der Waals surface area contributed by atoms with Crippen LogP contribution in [0.1, 0.15) is 26.3 Å². The number of hydrogen-bond acceptors (Lipinski definition) is 0. The van der Waals surface area contributed by atoms with Gasteiger partial charge in [-0.15, -0.1) is 0 Å². The third kappa shape index (κ3) is 2.53. The summed E-state index contributed by atoms with van der Waals surface area (Å²) in [7, 11) is 0. The minimum absolute atomic E-state index is 0.182. The van der Waals surface area contributed by atoms with Gasteiger partial charge in [0.05, 0.1) is 0 Å². The van der Waals surface area contributed by atoms with Crippen molar-refractivity contribution in [2.75, 3.05) is 0 Å². The van der Waals surface area contributed by atoms with Crippen molar-refractivity contribution in [2.24, 2.45) is 0 Å². The summed E-state index contributed by atoms with van der Waals surface area (Å²) in [5.74, 6) is 0. The first kappa shape index (κ1) is 13.4. The maximum Gasteiger partial charge on any atom is 0.0465 e. The Morgan fingerprint density at radius 2 is 1.75 bits per heavy atom. The zero-order valence-electron chi connectivity index (χ0n) is 12.0. The van der Waals surface area contributed by atoms with Crippen molar-refractivity contribution in [3.63, 3.8) is 0 Å². The number of halogens is 1. The molecule has 1 nitrogen and oxygen atoms in total. The summed E-state index contributed by atoms with van der Waals surface area (Å²) in [4.78, 5) is 3.50. The number of aromatic nitrogens is 1. The van der Waals surface area contributed by atoms with E-state index < -0.39 is 0 Å². The van der Waals surface area contributed by atoms with Crippen molar-refractivity contribution in [3.05, 3.63) is 58.6 Å². The SMILES string of the molecule is CC(C)(C)c1ccc2[nH]c(-c3cccc(Br)c3)cc2c1. The molecule has 3 aromatic rings. The molecule has 0 aliphatic rings. The van der Waals surface area contributed by atoms with E-state index in [0.29, 0.717) is 0 Å². The number of benzene rings is 2. The molecule has 0 atom stereocenters. The van der Waals surface area contributed by atoms with E-state index in [1.54, 1.807) is 0 Å². The molecule has 0 amide bonds. The molecule has 0 unspecified atom stereocenters. The fraction of sp³-hybridized carbons (Fsp3) is 0.222. The summed E-state index contributed by atoms with van der Waals surface area (Å²) in [6, 6.07) is 17.3. The van der Waals surface area contributed by atoms with Gasteiger partial charge in [0, 0.05) is 21.1 Å². The molecule has 2 heteroatoms. The van der Waals surface area contributed by atoms with Crippen LogP contribution in [0.25, 0.3) is 22.2 Å². The molecule has 102 valence electrons. The van der Waals surface area contributed by atoms with Crippen LogP contribution in [-0.4, -0.2) is 4.98 Å². The number of fused-ring (bicyclic) bond motifs is 1. The summed E-state index contributed by atoms with van der Waals surface area (Å²) in [5.41, 5.74) is 5.10. The highest BCUT2D eigenvalue weighted by Crippen LogP contribution is 2.30. The average molecular weight is 328 g/mol. The van der Waals surface area contributed by atoms with Crippen LogP contribution >= 0.6 is 15.9 Å². The lowest BCUT2D eigenvalue weighted by molar-refractivity contribution is 0.591. The minimum atomic E-state index is 0.182. The molecule has 0 bridgehead atoms. The first-order chi connectivity index (χ1) is 9.43. The van der Waals surface area contributed by atoms with E-state index >= 15 is 0 Å². The number of rotatable bonds is 1. The molecule has 2 aromatic carbocycles. The fourth-order valence-electron chi connectivity index (χ4n) is 2.41. The number of hydrogen-bond donors (Lipinski definition) is 1. The zero-order valence-corrected chi connectivity index (χ0v) is 13.6. The first-order valence-corrected chi connectivity index (χ1v) is 7.62. The summed E-state index contributed by atoms with van der Waals surface area (Å²) in [6.07, 6.45) is 0. The lowest BCUT2D eigenvalue weighted by atomic mass is 9.86. The highest BCUT2D eigenvalue weighted by molar-refractivity contribution is 9.10. The predicted octanol–water partition coefficient (Wildman–Crippen LogP) is 5.89. The molecule has 0 spiro atoms. The van der Waals surface area contributed by atoms with Gasteiger partial charge in [0.2, 0.25) is 0 Å². The molecule has 0 radical (unpaired) electrons. The molecule has 0 aliphatic heterocycles. The van der Waals surface area contributed by atoms with Crippen molar-refractivity contribution in [2.45, 2.75) is 26.2 Å². The largest absolute Gasteiger partial charge is 0.355 e.